The quantitative estimate of drug-likeness (QED) is 0.708. The van der Waals surface area contributed by atoms with Gasteiger partial charge < -0.3 is 25.0 Å². The van der Waals surface area contributed by atoms with Gasteiger partial charge in [0.25, 0.3) is 5.91 Å². The summed E-state index contributed by atoms with van der Waals surface area (Å²) in [5.74, 6) is -0.0474. The summed E-state index contributed by atoms with van der Waals surface area (Å²) in [5, 5.41) is 5.27. The van der Waals surface area contributed by atoms with Gasteiger partial charge >= 0.3 is 6.03 Å². The smallest absolute Gasteiger partial charge is 0.323 e. The highest BCUT2D eigenvalue weighted by Gasteiger charge is 2.27. The van der Waals surface area contributed by atoms with Crippen LogP contribution in [0.3, 0.4) is 0 Å². The molecule has 0 unspecified atom stereocenters. The van der Waals surface area contributed by atoms with Gasteiger partial charge in [0.05, 0.1) is 11.7 Å². The maximum atomic E-state index is 13.4. The molecule has 0 spiro atoms. The third kappa shape index (κ3) is 6.45. The lowest BCUT2D eigenvalue weighted by atomic mass is 10.0. The molecular weight excluding hydrogens is 439 g/mol. The van der Waals surface area contributed by atoms with Crippen molar-refractivity contribution < 1.29 is 23.5 Å². The number of hydrogen-bond acceptors (Lipinski definition) is 5. The normalized spacial score (nSPS) is 22.1. The summed E-state index contributed by atoms with van der Waals surface area (Å²) in [4.78, 5) is 29.6. The number of rotatable bonds is 3. The molecule has 184 valence electrons. The highest BCUT2D eigenvalue weighted by molar-refractivity contribution is 6.02. The van der Waals surface area contributed by atoms with Crippen molar-refractivity contribution in [2.24, 2.45) is 5.92 Å². The number of carbonyl (C=O) groups excluding carboxylic acids is 2. The van der Waals surface area contributed by atoms with Crippen molar-refractivity contribution in [2.75, 3.05) is 51.5 Å². The number of ether oxygens (including phenoxy) is 2. The Kier molecular flexibility index (Phi) is 8.46. The van der Waals surface area contributed by atoms with Gasteiger partial charge in [0.1, 0.15) is 18.2 Å². The van der Waals surface area contributed by atoms with Crippen LogP contribution >= 0.6 is 0 Å². The molecule has 3 atom stereocenters. The van der Waals surface area contributed by atoms with E-state index in [1.54, 1.807) is 43.3 Å². The van der Waals surface area contributed by atoms with Crippen molar-refractivity contribution >= 4 is 23.3 Å². The van der Waals surface area contributed by atoms with E-state index in [1.165, 1.54) is 18.2 Å². The number of anilines is 2. The first-order valence-corrected chi connectivity index (χ1v) is 11.3. The molecule has 0 radical (unpaired) electrons. The lowest BCUT2D eigenvalue weighted by molar-refractivity contribution is 0.0150. The Hall–Kier alpha value is -3.17. The predicted octanol–water partition coefficient (Wildman–Crippen LogP) is 3.91. The summed E-state index contributed by atoms with van der Waals surface area (Å²) in [5.41, 5.74) is 1.07. The van der Waals surface area contributed by atoms with Gasteiger partial charge in [-0.1, -0.05) is 13.0 Å². The van der Waals surface area contributed by atoms with Gasteiger partial charge in [-0.2, -0.15) is 0 Å². The molecule has 1 aliphatic rings. The number of nitrogens with zero attached hydrogens (tertiary/aromatic N) is 2. The number of fused-ring (bicyclic) bond motifs is 1. The topological polar surface area (TPSA) is 83.1 Å². The number of amides is 3. The second-order valence-electron chi connectivity index (χ2n) is 8.84. The Morgan fingerprint density at radius 1 is 1.09 bits per heavy atom. The molecule has 0 aliphatic carbocycles. The Morgan fingerprint density at radius 2 is 1.79 bits per heavy atom. The van der Waals surface area contributed by atoms with Crippen LogP contribution in [0, 0.1) is 11.7 Å². The van der Waals surface area contributed by atoms with Gasteiger partial charge in [0, 0.05) is 44.7 Å². The summed E-state index contributed by atoms with van der Waals surface area (Å²) >= 11 is 0. The number of halogens is 1. The van der Waals surface area contributed by atoms with E-state index in [9.17, 15) is 14.0 Å². The molecule has 0 saturated heterocycles. The third-order valence-electron chi connectivity index (χ3n) is 6.10. The van der Waals surface area contributed by atoms with E-state index in [2.05, 4.69) is 29.4 Å². The van der Waals surface area contributed by atoms with Crippen LogP contribution in [0.2, 0.25) is 0 Å². The molecule has 0 saturated carbocycles. The average molecular weight is 473 g/mol. The second kappa shape index (κ2) is 11.3. The van der Waals surface area contributed by atoms with Crippen LogP contribution in [-0.4, -0.2) is 74.8 Å². The highest BCUT2D eigenvalue weighted by atomic mass is 19.1. The Bertz CT molecular complexity index is 1020. The first kappa shape index (κ1) is 25.5. The number of hydrogen-bond donors (Lipinski definition) is 2. The molecule has 2 aromatic carbocycles. The Morgan fingerprint density at radius 3 is 2.47 bits per heavy atom. The van der Waals surface area contributed by atoms with Gasteiger partial charge in [-0.05, 0) is 56.3 Å². The number of urea groups is 1. The first-order chi connectivity index (χ1) is 16.2. The van der Waals surface area contributed by atoms with Crippen molar-refractivity contribution in [1.82, 2.24) is 9.80 Å². The highest BCUT2D eigenvalue weighted by Crippen LogP contribution is 2.26. The second-order valence-corrected chi connectivity index (χ2v) is 8.84. The third-order valence-corrected chi connectivity index (χ3v) is 6.10. The van der Waals surface area contributed by atoms with Crippen LogP contribution in [0.15, 0.2) is 42.5 Å². The number of carbonyl (C=O) groups is 2. The molecular formula is C25H33FN4O4. The lowest BCUT2D eigenvalue weighted by Gasteiger charge is -2.34. The van der Waals surface area contributed by atoms with E-state index in [0.717, 1.165) is 6.54 Å². The minimum Gasteiger partial charge on any atom is -0.491 e. The van der Waals surface area contributed by atoms with Gasteiger partial charge in [0.2, 0.25) is 0 Å². The fourth-order valence-electron chi connectivity index (χ4n) is 3.90. The summed E-state index contributed by atoms with van der Waals surface area (Å²) < 4.78 is 25.1. The van der Waals surface area contributed by atoms with Crippen LogP contribution in [-0.2, 0) is 4.74 Å². The molecule has 2 N–H and O–H groups in total. The van der Waals surface area contributed by atoms with Crippen LogP contribution < -0.4 is 15.4 Å². The van der Waals surface area contributed by atoms with E-state index < -0.39 is 11.8 Å². The molecule has 9 heteroatoms. The Labute approximate surface area is 200 Å². The minimum atomic E-state index is -0.552. The molecule has 8 nitrogen and oxygen atoms in total. The van der Waals surface area contributed by atoms with E-state index >= 15 is 0 Å². The lowest BCUT2D eigenvalue weighted by Crippen LogP contribution is -2.45. The molecule has 34 heavy (non-hydrogen) atoms. The molecule has 0 aromatic heterocycles. The largest absolute Gasteiger partial charge is 0.491 e. The molecule has 3 amide bonds. The number of benzene rings is 2. The van der Waals surface area contributed by atoms with Crippen molar-refractivity contribution in [3.8, 4) is 5.75 Å². The predicted molar refractivity (Wildman–Crippen MR) is 130 cm³/mol. The van der Waals surface area contributed by atoms with E-state index in [4.69, 9.17) is 9.47 Å². The fourth-order valence-corrected chi connectivity index (χ4v) is 3.90. The average Bonchev–Trinajstić information content (AvgIpc) is 2.79. The van der Waals surface area contributed by atoms with Crippen molar-refractivity contribution in [3.63, 3.8) is 0 Å². The Balaban J connectivity index is 1.85. The number of methoxy groups -OCH3 is 1. The van der Waals surface area contributed by atoms with E-state index in [0.29, 0.717) is 35.8 Å². The molecule has 0 fully saturated rings. The molecule has 1 aliphatic heterocycles. The molecule has 0 bridgehead atoms. The summed E-state index contributed by atoms with van der Waals surface area (Å²) in [7, 11) is 5.42. The summed E-state index contributed by atoms with van der Waals surface area (Å²) in [6.07, 6.45) is -0.134. The molecule has 1 heterocycles. The van der Waals surface area contributed by atoms with Gasteiger partial charge in [-0.25, -0.2) is 9.18 Å². The molecule has 3 rings (SSSR count). The standard InChI is InChI=1S/C25H33FN4O4/c1-16-13-29(3)17(2)15-34-22-10-9-20(12-21(22)24(31)30(4)14-23(16)33-5)28-25(32)27-19-8-6-7-18(26)11-19/h6-12,16-17,23H,13-15H2,1-5H3,(H2,27,28,32)/t16-,17+,23-/m0/s1. The van der Waals surface area contributed by atoms with Crippen LogP contribution in [0.1, 0.15) is 24.2 Å². The monoisotopic (exact) mass is 472 g/mol. The zero-order valence-electron chi connectivity index (χ0n) is 20.3. The SMILES string of the molecule is CO[C@H]1CN(C)C(=O)c2cc(NC(=O)Nc3cccc(F)c3)ccc2OC[C@@H](C)N(C)C[C@@H]1C. The van der Waals surface area contributed by atoms with E-state index in [-0.39, 0.29) is 24.0 Å². The van der Waals surface area contributed by atoms with Gasteiger partial charge in [0.15, 0.2) is 0 Å². The maximum absolute atomic E-state index is 13.4. The summed E-state index contributed by atoms with van der Waals surface area (Å²) in [6.45, 7) is 5.80. The first-order valence-electron chi connectivity index (χ1n) is 11.3. The van der Waals surface area contributed by atoms with Crippen molar-refractivity contribution in [1.29, 1.82) is 0 Å². The number of likely N-dealkylation sites (N-methyl/N-ethyl adjacent to an activating group) is 2. The van der Waals surface area contributed by atoms with Crippen LogP contribution in [0.25, 0.3) is 0 Å². The fraction of sp³-hybridized carbons (Fsp3) is 0.440. The van der Waals surface area contributed by atoms with Crippen LogP contribution in [0.4, 0.5) is 20.6 Å². The zero-order valence-corrected chi connectivity index (χ0v) is 20.3. The van der Waals surface area contributed by atoms with Crippen molar-refractivity contribution in [3.05, 3.63) is 53.8 Å². The zero-order chi connectivity index (χ0) is 24.8. The minimum absolute atomic E-state index is 0.120. The number of nitrogens with one attached hydrogen (secondary N) is 2. The van der Waals surface area contributed by atoms with Crippen LogP contribution in [0.5, 0.6) is 5.75 Å². The molecule has 2 aromatic rings. The summed E-state index contributed by atoms with van der Waals surface area (Å²) in [6, 6.07) is 10.1. The maximum Gasteiger partial charge on any atom is 0.323 e. The van der Waals surface area contributed by atoms with Gasteiger partial charge in [-0.15, -0.1) is 0 Å². The van der Waals surface area contributed by atoms with Gasteiger partial charge in [-0.3, -0.25) is 9.69 Å². The van der Waals surface area contributed by atoms with Crippen molar-refractivity contribution in [2.45, 2.75) is 26.0 Å². The van der Waals surface area contributed by atoms with E-state index in [1.807, 2.05) is 7.05 Å².